The third-order valence-corrected chi connectivity index (χ3v) is 3.72. The van der Waals surface area contributed by atoms with Gasteiger partial charge in [0.1, 0.15) is 34.7 Å². The Labute approximate surface area is 143 Å². The maximum atomic E-state index is 12.2. The smallest absolute Gasteiger partial charge is 0.342 e. The lowest BCUT2D eigenvalue weighted by molar-refractivity contribution is 0.0337. The Bertz CT molecular complexity index is 759. The summed E-state index contributed by atoms with van der Waals surface area (Å²) in [6.07, 6.45) is -0.388. The standard InChI is InChI=1S/C17H17ClO6/c1-9(6-10-13(19)4-3-5-16(10)23-2)24-17(22)11-7-12(18)15(21)8-14(11)20/h3-5,7-9,19-21H,6H2,1-2H3. The van der Waals surface area contributed by atoms with Gasteiger partial charge in [-0.05, 0) is 25.1 Å². The number of phenols is 3. The third-order valence-electron chi connectivity index (χ3n) is 3.41. The van der Waals surface area contributed by atoms with Crippen LogP contribution in [0, 0.1) is 0 Å². The zero-order valence-corrected chi connectivity index (χ0v) is 13.9. The maximum Gasteiger partial charge on any atom is 0.342 e. The fourth-order valence-corrected chi connectivity index (χ4v) is 2.40. The molecular weight excluding hydrogens is 336 g/mol. The summed E-state index contributed by atoms with van der Waals surface area (Å²) in [6, 6.07) is 6.94. The van der Waals surface area contributed by atoms with Crippen molar-refractivity contribution in [3.05, 3.63) is 46.5 Å². The van der Waals surface area contributed by atoms with Crippen LogP contribution < -0.4 is 4.74 Å². The van der Waals surface area contributed by atoms with Crippen LogP contribution in [0.1, 0.15) is 22.8 Å². The zero-order valence-electron chi connectivity index (χ0n) is 13.1. The van der Waals surface area contributed by atoms with Crippen LogP contribution >= 0.6 is 11.6 Å². The molecule has 0 aliphatic carbocycles. The second-order valence-corrected chi connectivity index (χ2v) is 5.61. The van der Waals surface area contributed by atoms with E-state index in [1.807, 2.05) is 0 Å². The Hall–Kier alpha value is -2.60. The van der Waals surface area contributed by atoms with Crippen LogP contribution in [0.15, 0.2) is 30.3 Å². The lowest BCUT2D eigenvalue weighted by atomic mass is 10.1. The molecular formula is C17H17ClO6. The van der Waals surface area contributed by atoms with Gasteiger partial charge in [0.25, 0.3) is 0 Å². The average molecular weight is 353 g/mol. The van der Waals surface area contributed by atoms with Crippen LogP contribution in [0.25, 0.3) is 0 Å². The second kappa shape index (κ2) is 7.31. The highest BCUT2D eigenvalue weighted by atomic mass is 35.5. The molecule has 2 aromatic rings. The van der Waals surface area contributed by atoms with Gasteiger partial charge >= 0.3 is 5.97 Å². The van der Waals surface area contributed by atoms with Gasteiger partial charge in [-0.3, -0.25) is 0 Å². The molecule has 0 aliphatic rings. The molecule has 2 rings (SSSR count). The second-order valence-electron chi connectivity index (χ2n) is 5.20. The molecule has 0 saturated heterocycles. The summed E-state index contributed by atoms with van der Waals surface area (Å²) < 4.78 is 10.4. The first-order valence-corrected chi connectivity index (χ1v) is 7.48. The molecule has 0 amide bonds. The summed E-state index contributed by atoms with van der Waals surface area (Å²) in [5.74, 6) is -1.05. The first-order valence-electron chi connectivity index (χ1n) is 7.10. The third kappa shape index (κ3) is 3.83. The molecule has 0 heterocycles. The van der Waals surface area contributed by atoms with Gasteiger partial charge in [0, 0.05) is 18.1 Å². The van der Waals surface area contributed by atoms with Gasteiger partial charge in [0.05, 0.1) is 12.1 Å². The Balaban J connectivity index is 2.14. The van der Waals surface area contributed by atoms with Crippen LogP contribution in [0.3, 0.4) is 0 Å². The van der Waals surface area contributed by atoms with Crippen LogP contribution in [-0.2, 0) is 11.2 Å². The highest BCUT2D eigenvalue weighted by molar-refractivity contribution is 6.32. The fraction of sp³-hybridized carbons (Fsp3) is 0.235. The molecule has 0 saturated carbocycles. The van der Waals surface area contributed by atoms with Crippen molar-refractivity contribution in [2.45, 2.75) is 19.4 Å². The molecule has 6 nitrogen and oxygen atoms in total. The number of benzene rings is 2. The van der Waals surface area contributed by atoms with Crippen molar-refractivity contribution < 1.29 is 29.6 Å². The van der Waals surface area contributed by atoms with E-state index < -0.39 is 17.8 Å². The SMILES string of the molecule is COc1cccc(O)c1CC(C)OC(=O)c1cc(Cl)c(O)cc1O. The van der Waals surface area contributed by atoms with Gasteiger partial charge in [-0.15, -0.1) is 0 Å². The molecule has 0 bridgehead atoms. The Morgan fingerprint density at radius 3 is 2.54 bits per heavy atom. The van der Waals surface area contributed by atoms with E-state index in [0.717, 1.165) is 12.1 Å². The molecule has 1 atom stereocenters. The minimum absolute atomic E-state index is 0.0350. The molecule has 24 heavy (non-hydrogen) atoms. The van der Waals surface area contributed by atoms with Crippen molar-refractivity contribution in [2.75, 3.05) is 7.11 Å². The van der Waals surface area contributed by atoms with Gasteiger partial charge in [-0.25, -0.2) is 4.79 Å². The van der Waals surface area contributed by atoms with E-state index in [1.54, 1.807) is 19.1 Å². The zero-order chi connectivity index (χ0) is 17.9. The predicted octanol–water partition coefficient (Wildman–Crippen LogP) is 3.25. The minimum atomic E-state index is -0.795. The average Bonchev–Trinajstić information content (AvgIpc) is 2.52. The van der Waals surface area contributed by atoms with Crippen molar-refractivity contribution >= 4 is 17.6 Å². The van der Waals surface area contributed by atoms with Crippen LogP contribution in [-0.4, -0.2) is 34.5 Å². The molecule has 128 valence electrons. The molecule has 7 heteroatoms. The summed E-state index contributed by atoms with van der Waals surface area (Å²) in [7, 11) is 1.48. The highest BCUT2D eigenvalue weighted by Gasteiger charge is 2.20. The molecule has 0 spiro atoms. The van der Waals surface area contributed by atoms with Crippen molar-refractivity contribution in [1.82, 2.24) is 0 Å². The first kappa shape index (κ1) is 17.7. The Morgan fingerprint density at radius 1 is 1.17 bits per heavy atom. The Kier molecular flexibility index (Phi) is 5.41. The predicted molar refractivity (Wildman–Crippen MR) is 88.0 cm³/mol. The van der Waals surface area contributed by atoms with E-state index in [0.29, 0.717) is 11.3 Å². The van der Waals surface area contributed by atoms with E-state index in [9.17, 15) is 20.1 Å². The van der Waals surface area contributed by atoms with Gasteiger partial charge in [-0.2, -0.15) is 0 Å². The largest absolute Gasteiger partial charge is 0.508 e. The number of esters is 1. The maximum absolute atomic E-state index is 12.2. The Morgan fingerprint density at radius 2 is 1.88 bits per heavy atom. The number of rotatable bonds is 5. The number of carbonyl (C=O) groups excluding carboxylic acids is 1. The number of halogens is 1. The number of hydrogen-bond donors (Lipinski definition) is 3. The molecule has 2 aromatic carbocycles. The summed E-state index contributed by atoms with van der Waals surface area (Å²) in [5, 5.41) is 29.0. The van der Waals surface area contributed by atoms with Crippen molar-refractivity contribution in [3.8, 4) is 23.0 Å². The van der Waals surface area contributed by atoms with E-state index >= 15 is 0 Å². The van der Waals surface area contributed by atoms with Gasteiger partial charge < -0.3 is 24.8 Å². The number of aromatic hydroxyl groups is 3. The normalized spacial score (nSPS) is 11.8. The van der Waals surface area contributed by atoms with Crippen LogP contribution in [0.4, 0.5) is 0 Å². The first-order chi connectivity index (χ1) is 11.3. The van der Waals surface area contributed by atoms with Crippen molar-refractivity contribution in [1.29, 1.82) is 0 Å². The quantitative estimate of drug-likeness (QED) is 0.715. The van der Waals surface area contributed by atoms with Crippen LogP contribution in [0.5, 0.6) is 23.0 Å². The molecule has 0 radical (unpaired) electrons. The number of ether oxygens (including phenoxy) is 2. The van der Waals surface area contributed by atoms with Crippen LogP contribution in [0.2, 0.25) is 5.02 Å². The number of hydrogen-bond acceptors (Lipinski definition) is 6. The lowest BCUT2D eigenvalue weighted by Crippen LogP contribution is -2.18. The lowest BCUT2D eigenvalue weighted by Gasteiger charge is -2.17. The monoisotopic (exact) mass is 352 g/mol. The summed E-state index contributed by atoms with van der Waals surface area (Å²) >= 11 is 5.74. The topological polar surface area (TPSA) is 96.2 Å². The fourth-order valence-electron chi connectivity index (χ4n) is 2.24. The summed E-state index contributed by atoms with van der Waals surface area (Å²) in [6.45, 7) is 1.64. The minimum Gasteiger partial charge on any atom is -0.508 e. The number of methoxy groups -OCH3 is 1. The van der Waals surface area contributed by atoms with E-state index in [-0.39, 0.29) is 28.5 Å². The van der Waals surface area contributed by atoms with Crippen molar-refractivity contribution in [3.63, 3.8) is 0 Å². The molecule has 1 unspecified atom stereocenters. The van der Waals surface area contributed by atoms with E-state index in [2.05, 4.69) is 0 Å². The van der Waals surface area contributed by atoms with Crippen molar-refractivity contribution in [2.24, 2.45) is 0 Å². The molecule has 0 fully saturated rings. The van der Waals surface area contributed by atoms with Gasteiger partial charge in [-0.1, -0.05) is 17.7 Å². The summed E-state index contributed by atoms with van der Waals surface area (Å²) in [5.41, 5.74) is 0.349. The molecule has 0 aromatic heterocycles. The van der Waals surface area contributed by atoms with Gasteiger partial charge in [0.15, 0.2) is 0 Å². The molecule has 0 aliphatic heterocycles. The van der Waals surface area contributed by atoms with Gasteiger partial charge in [0.2, 0.25) is 0 Å². The summed E-state index contributed by atoms with van der Waals surface area (Å²) in [4.78, 5) is 12.2. The van der Waals surface area contributed by atoms with E-state index in [1.165, 1.54) is 13.2 Å². The number of phenolic OH excluding ortho intramolecular Hbond substituents is 3. The molecule has 3 N–H and O–H groups in total. The highest BCUT2D eigenvalue weighted by Crippen LogP contribution is 2.32. The van der Waals surface area contributed by atoms with E-state index in [4.69, 9.17) is 21.1 Å². The number of carbonyl (C=O) groups is 1.